The number of hydrogen-bond acceptors (Lipinski definition) is 6. The van der Waals surface area contributed by atoms with Crippen molar-refractivity contribution in [2.75, 3.05) is 6.61 Å². The smallest absolute Gasteiger partial charge is 0.334 e. The summed E-state index contributed by atoms with van der Waals surface area (Å²) in [6, 6.07) is 7.01. The zero-order chi connectivity index (χ0) is 19.7. The van der Waals surface area contributed by atoms with Crippen molar-refractivity contribution in [2.45, 2.75) is 57.5 Å². The second kappa shape index (κ2) is 7.41. The number of carbonyl (C=O) groups is 3. The lowest BCUT2D eigenvalue weighted by Crippen LogP contribution is -2.49. The first kappa shape index (κ1) is 18.7. The van der Waals surface area contributed by atoms with Crippen LogP contribution in [0.25, 0.3) is 0 Å². The zero-order valence-electron chi connectivity index (χ0n) is 15.9. The van der Waals surface area contributed by atoms with Gasteiger partial charge in [-0.3, -0.25) is 9.59 Å². The normalized spacial score (nSPS) is 26.5. The quantitative estimate of drug-likeness (QED) is 0.449. The van der Waals surface area contributed by atoms with E-state index < -0.39 is 29.2 Å². The zero-order valence-corrected chi connectivity index (χ0v) is 15.9. The van der Waals surface area contributed by atoms with Gasteiger partial charge >= 0.3 is 17.9 Å². The van der Waals surface area contributed by atoms with Gasteiger partial charge in [0.25, 0.3) is 0 Å². The first-order chi connectivity index (χ1) is 13.6. The maximum atomic E-state index is 13.0. The molecule has 6 nitrogen and oxygen atoms in total. The summed E-state index contributed by atoms with van der Waals surface area (Å²) in [7, 11) is 0. The van der Waals surface area contributed by atoms with Gasteiger partial charge in [-0.15, -0.1) is 0 Å². The van der Waals surface area contributed by atoms with Crippen LogP contribution in [0, 0.1) is 5.41 Å². The van der Waals surface area contributed by atoms with E-state index in [0.29, 0.717) is 16.9 Å². The Balaban J connectivity index is 1.71. The van der Waals surface area contributed by atoms with E-state index >= 15 is 0 Å². The summed E-state index contributed by atoms with van der Waals surface area (Å²) in [5, 5.41) is 0. The van der Waals surface area contributed by atoms with Crippen molar-refractivity contribution in [1.82, 2.24) is 0 Å². The van der Waals surface area contributed by atoms with E-state index in [4.69, 9.17) is 14.2 Å². The first-order valence-electron chi connectivity index (χ1n) is 9.97. The number of allylic oxidation sites excluding steroid dienone is 1. The van der Waals surface area contributed by atoms with Crippen LogP contribution >= 0.6 is 0 Å². The van der Waals surface area contributed by atoms with E-state index in [2.05, 4.69) is 0 Å². The summed E-state index contributed by atoms with van der Waals surface area (Å²) < 4.78 is 16.4. The molecule has 0 saturated heterocycles. The monoisotopic (exact) mass is 384 g/mol. The second-order valence-electron chi connectivity index (χ2n) is 7.58. The fourth-order valence-corrected chi connectivity index (χ4v) is 4.56. The maximum Gasteiger partial charge on any atom is 0.334 e. The molecule has 6 heteroatoms. The molecule has 1 saturated carbocycles. The first-order valence-corrected chi connectivity index (χ1v) is 9.97. The fraction of sp³-hybridized carbons (Fsp3) is 0.500. The van der Waals surface area contributed by atoms with Crippen LogP contribution in [0.1, 0.15) is 56.9 Å². The summed E-state index contributed by atoms with van der Waals surface area (Å²) in [4.78, 5) is 38.8. The fourth-order valence-electron chi connectivity index (χ4n) is 4.56. The van der Waals surface area contributed by atoms with Gasteiger partial charge in [-0.2, -0.15) is 0 Å². The highest BCUT2D eigenvalue weighted by atomic mass is 16.6. The average Bonchev–Trinajstić information content (AvgIpc) is 3.12. The highest BCUT2D eigenvalue weighted by Crippen LogP contribution is 2.56. The average molecular weight is 384 g/mol. The minimum absolute atomic E-state index is 0.0682. The Morgan fingerprint density at radius 3 is 2.68 bits per heavy atom. The van der Waals surface area contributed by atoms with Gasteiger partial charge in [0, 0.05) is 17.1 Å². The topological polar surface area (TPSA) is 78.9 Å². The number of esters is 3. The Morgan fingerprint density at radius 2 is 1.93 bits per heavy atom. The summed E-state index contributed by atoms with van der Waals surface area (Å²) in [5.41, 5.74) is -0.576. The SMILES string of the molecule is CCOC(=O)C12CC=C(C(=O)OC3CCCCC3)C1c1ccccc1OC2=O. The van der Waals surface area contributed by atoms with Gasteiger partial charge in [0.1, 0.15) is 11.9 Å². The van der Waals surface area contributed by atoms with Crippen molar-refractivity contribution in [3.05, 3.63) is 41.5 Å². The molecule has 0 spiro atoms. The molecular weight excluding hydrogens is 360 g/mol. The molecule has 1 aromatic carbocycles. The van der Waals surface area contributed by atoms with E-state index in [0.717, 1.165) is 32.1 Å². The van der Waals surface area contributed by atoms with E-state index in [1.165, 1.54) is 0 Å². The van der Waals surface area contributed by atoms with Crippen LogP contribution in [-0.2, 0) is 23.9 Å². The molecule has 28 heavy (non-hydrogen) atoms. The molecule has 3 aliphatic rings. The number of rotatable bonds is 4. The standard InChI is InChI=1S/C22H24O6/c1-2-26-20(24)22-13-12-16(19(23)27-14-8-4-3-5-9-14)18(22)15-10-6-7-11-17(15)28-21(22)25/h6-7,10-12,14,18H,2-5,8-9,13H2,1H3. The second-order valence-corrected chi connectivity index (χ2v) is 7.58. The van der Waals surface area contributed by atoms with E-state index in [-0.39, 0.29) is 19.1 Å². The molecule has 0 radical (unpaired) electrons. The van der Waals surface area contributed by atoms with E-state index in [1.807, 2.05) is 0 Å². The molecular formula is C22H24O6. The largest absolute Gasteiger partial charge is 0.465 e. The molecule has 1 aromatic rings. The Morgan fingerprint density at radius 1 is 1.18 bits per heavy atom. The minimum atomic E-state index is -1.56. The van der Waals surface area contributed by atoms with Gasteiger partial charge in [0.2, 0.25) is 0 Å². The van der Waals surface area contributed by atoms with Crippen LogP contribution in [-0.4, -0.2) is 30.6 Å². The van der Waals surface area contributed by atoms with Crippen LogP contribution in [0.4, 0.5) is 0 Å². The van der Waals surface area contributed by atoms with Crippen molar-refractivity contribution >= 4 is 17.9 Å². The third-order valence-electron chi connectivity index (χ3n) is 5.95. The molecule has 1 aliphatic heterocycles. The van der Waals surface area contributed by atoms with Crippen LogP contribution in [0.2, 0.25) is 0 Å². The lowest BCUT2D eigenvalue weighted by Gasteiger charge is -2.37. The molecule has 1 heterocycles. The molecule has 0 aromatic heterocycles. The Bertz CT molecular complexity index is 835. The predicted octanol–water partition coefficient (Wildman–Crippen LogP) is 3.44. The summed E-state index contributed by atoms with van der Waals surface area (Å²) in [6.45, 7) is 1.83. The highest BCUT2D eigenvalue weighted by Gasteiger charge is 2.63. The Labute approximate surface area is 163 Å². The minimum Gasteiger partial charge on any atom is -0.465 e. The van der Waals surface area contributed by atoms with Gasteiger partial charge in [-0.25, -0.2) is 4.79 Å². The summed E-state index contributed by atoms with van der Waals surface area (Å²) in [5.74, 6) is -2.16. The molecule has 0 amide bonds. The van der Waals surface area contributed by atoms with Gasteiger partial charge in [-0.1, -0.05) is 30.7 Å². The number of ether oxygens (including phenoxy) is 3. The molecule has 2 atom stereocenters. The van der Waals surface area contributed by atoms with Crippen molar-refractivity contribution < 1.29 is 28.6 Å². The van der Waals surface area contributed by atoms with E-state index in [9.17, 15) is 14.4 Å². The Kier molecular flexibility index (Phi) is 4.96. The molecule has 0 N–H and O–H groups in total. The summed E-state index contributed by atoms with van der Waals surface area (Å²) >= 11 is 0. The Hall–Kier alpha value is -2.63. The maximum absolute atomic E-state index is 13.0. The van der Waals surface area contributed by atoms with Gasteiger partial charge < -0.3 is 14.2 Å². The molecule has 2 aliphatic carbocycles. The molecule has 1 fully saturated rings. The van der Waals surface area contributed by atoms with Crippen LogP contribution in [0.15, 0.2) is 35.9 Å². The van der Waals surface area contributed by atoms with Crippen LogP contribution in [0.3, 0.4) is 0 Å². The van der Waals surface area contributed by atoms with Crippen LogP contribution < -0.4 is 4.74 Å². The third-order valence-corrected chi connectivity index (χ3v) is 5.95. The van der Waals surface area contributed by atoms with Crippen LogP contribution in [0.5, 0.6) is 5.75 Å². The molecule has 148 valence electrons. The summed E-state index contributed by atoms with van der Waals surface area (Å²) in [6.07, 6.45) is 6.56. The van der Waals surface area contributed by atoms with Crippen molar-refractivity contribution in [3.8, 4) is 5.75 Å². The van der Waals surface area contributed by atoms with E-state index in [1.54, 1.807) is 37.3 Å². The number of hydrogen-bond donors (Lipinski definition) is 0. The third kappa shape index (κ3) is 2.91. The van der Waals surface area contributed by atoms with Crippen molar-refractivity contribution in [3.63, 3.8) is 0 Å². The van der Waals surface area contributed by atoms with Crippen molar-refractivity contribution in [1.29, 1.82) is 0 Å². The number of para-hydroxylation sites is 1. The molecule has 4 rings (SSSR count). The number of benzene rings is 1. The molecule has 0 bridgehead atoms. The lowest BCUT2D eigenvalue weighted by molar-refractivity contribution is -0.169. The number of fused-ring (bicyclic) bond motifs is 3. The van der Waals surface area contributed by atoms with Gasteiger partial charge in [-0.05, 0) is 45.1 Å². The van der Waals surface area contributed by atoms with Gasteiger partial charge in [0.05, 0.1) is 6.61 Å². The molecule has 2 unspecified atom stereocenters. The number of carbonyl (C=O) groups excluding carboxylic acids is 3. The predicted molar refractivity (Wildman–Crippen MR) is 99.5 cm³/mol. The lowest BCUT2D eigenvalue weighted by atomic mass is 9.69. The highest BCUT2D eigenvalue weighted by molar-refractivity contribution is 6.08. The van der Waals surface area contributed by atoms with Crippen molar-refractivity contribution in [2.24, 2.45) is 5.41 Å². The van der Waals surface area contributed by atoms with Gasteiger partial charge in [0.15, 0.2) is 5.41 Å².